The number of alkyl halides is 3. The monoisotopic (exact) mass is 712 g/mol. The summed E-state index contributed by atoms with van der Waals surface area (Å²) in [5.41, 5.74) is 3.11. The van der Waals surface area contributed by atoms with Crippen LogP contribution in [-0.2, 0) is 11.0 Å². The van der Waals surface area contributed by atoms with Crippen LogP contribution in [0.4, 0.5) is 13.2 Å². The highest BCUT2D eigenvalue weighted by molar-refractivity contribution is 5.82. The molecule has 0 bridgehead atoms. The third-order valence-electron chi connectivity index (χ3n) is 9.57. The Morgan fingerprint density at radius 1 is 0.923 bits per heavy atom. The lowest BCUT2D eigenvalue weighted by atomic mass is 9.86. The summed E-state index contributed by atoms with van der Waals surface area (Å²) in [5.74, 6) is 1.90. The number of benzene rings is 4. The summed E-state index contributed by atoms with van der Waals surface area (Å²) in [6.07, 6.45) is -3.78. The van der Waals surface area contributed by atoms with Crippen molar-refractivity contribution in [2.24, 2.45) is 11.8 Å². The molecule has 1 aromatic heterocycles. The van der Waals surface area contributed by atoms with Gasteiger partial charge in [-0.05, 0) is 74.7 Å². The van der Waals surface area contributed by atoms with Gasteiger partial charge in [0.05, 0.1) is 12.2 Å². The molecule has 0 radical (unpaired) electrons. The average Bonchev–Trinajstić information content (AvgIpc) is 3.62. The van der Waals surface area contributed by atoms with Gasteiger partial charge in [-0.2, -0.15) is 18.2 Å². The second-order valence-electron chi connectivity index (χ2n) is 13.5. The van der Waals surface area contributed by atoms with Crippen LogP contribution in [-0.4, -0.2) is 47.2 Å². The first-order chi connectivity index (χ1) is 25.0. The van der Waals surface area contributed by atoms with Gasteiger partial charge < -0.3 is 19.3 Å². The van der Waals surface area contributed by atoms with Crippen LogP contribution in [0.3, 0.4) is 0 Å². The number of aryl methyl sites for hydroxylation is 2. The molecule has 1 N–H and O–H groups in total. The summed E-state index contributed by atoms with van der Waals surface area (Å²) >= 11 is 0. The van der Waals surface area contributed by atoms with E-state index in [1.807, 2.05) is 92.7 Å². The van der Waals surface area contributed by atoms with E-state index >= 15 is 0 Å². The van der Waals surface area contributed by atoms with Crippen molar-refractivity contribution in [3.63, 3.8) is 0 Å². The summed E-state index contributed by atoms with van der Waals surface area (Å²) in [7, 11) is 0. The molecule has 6 rings (SSSR count). The molecule has 11 heteroatoms. The molecule has 1 aliphatic heterocycles. The molecule has 52 heavy (non-hydrogen) atoms. The van der Waals surface area contributed by atoms with Crippen LogP contribution in [0, 0.1) is 25.7 Å². The second kappa shape index (κ2) is 16.5. The molecule has 5 aromatic rings. The fraction of sp³-hybridized carbons (Fsp3) is 0.341. The Hall–Kier alpha value is -5.16. The summed E-state index contributed by atoms with van der Waals surface area (Å²) in [5, 5.41) is 7.31. The quantitative estimate of drug-likeness (QED) is 0.131. The molecule has 272 valence electrons. The van der Waals surface area contributed by atoms with Gasteiger partial charge in [0.25, 0.3) is 5.89 Å². The normalized spacial score (nSPS) is 17.7. The van der Waals surface area contributed by atoms with Crippen molar-refractivity contribution in [1.82, 2.24) is 20.4 Å². The van der Waals surface area contributed by atoms with Crippen molar-refractivity contribution in [3.05, 3.63) is 131 Å². The lowest BCUT2D eigenvalue weighted by molar-refractivity contribution is -0.137. The number of halogens is 3. The first-order valence-electron chi connectivity index (χ1n) is 17.5. The highest BCUT2D eigenvalue weighted by Gasteiger charge is 2.38. The van der Waals surface area contributed by atoms with Crippen LogP contribution in [0.5, 0.6) is 11.5 Å². The fourth-order valence-corrected chi connectivity index (χ4v) is 6.34. The number of hydrogen-bond donors (Lipinski definition) is 1. The van der Waals surface area contributed by atoms with E-state index in [2.05, 4.69) is 22.3 Å². The molecule has 8 nitrogen and oxygen atoms in total. The summed E-state index contributed by atoms with van der Waals surface area (Å²) < 4.78 is 57.7. The third kappa shape index (κ3) is 9.38. The van der Waals surface area contributed by atoms with Crippen LogP contribution in [0.2, 0.25) is 0 Å². The lowest BCUT2D eigenvalue weighted by Crippen LogP contribution is -2.48. The van der Waals surface area contributed by atoms with E-state index in [0.717, 1.165) is 46.6 Å². The molecule has 1 unspecified atom stereocenters. The number of nitrogens with zero attached hydrogens (tertiary/aromatic N) is 3. The first kappa shape index (κ1) is 36.6. The molecule has 2 heterocycles. The number of ether oxygens (including phenoxy) is 2. The van der Waals surface area contributed by atoms with E-state index in [0.29, 0.717) is 43.6 Å². The third-order valence-corrected chi connectivity index (χ3v) is 9.57. The van der Waals surface area contributed by atoms with Crippen molar-refractivity contribution >= 4 is 5.91 Å². The predicted octanol–water partition coefficient (Wildman–Crippen LogP) is 8.78. The van der Waals surface area contributed by atoms with Crippen LogP contribution < -0.4 is 14.8 Å². The number of piperidine rings is 1. The van der Waals surface area contributed by atoms with Crippen LogP contribution in [0.15, 0.2) is 108 Å². The number of rotatable bonds is 13. The smallest absolute Gasteiger partial charge is 0.416 e. The van der Waals surface area contributed by atoms with Crippen LogP contribution in [0.1, 0.15) is 60.1 Å². The van der Waals surface area contributed by atoms with Gasteiger partial charge in [0.15, 0.2) is 6.04 Å². The van der Waals surface area contributed by atoms with Crippen molar-refractivity contribution < 1.29 is 32.0 Å². The molecule has 1 fully saturated rings. The molecule has 4 atom stereocenters. The summed E-state index contributed by atoms with van der Waals surface area (Å²) in [6, 6.07) is 28.9. The van der Waals surface area contributed by atoms with E-state index in [-0.39, 0.29) is 24.3 Å². The van der Waals surface area contributed by atoms with Crippen LogP contribution in [0.25, 0.3) is 11.4 Å². The number of carbonyl (C=O) groups excluding carboxylic acids is 1. The maximum absolute atomic E-state index is 14.2. The minimum absolute atomic E-state index is 0.143. The average molecular weight is 713 g/mol. The van der Waals surface area contributed by atoms with Gasteiger partial charge in [0.2, 0.25) is 11.7 Å². The number of nitrogens with one attached hydrogen (secondary N) is 1. The SMILES string of the molecule is Cc1ccc(OC[C@H]2CN(C(C(=O)NCC[C@@H](Oc3ccc(C(F)(F)F)cc3)c3ccccc3)c3nc(-c4ccc(C)cc4)no3)CC[C@@H]2C)cc1. The van der Waals surface area contributed by atoms with E-state index in [9.17, 15) is 18.0 Å². The maximum Gasteiger partial charge on any atom is 0.416 e. The van der Waals surface area contributed by atoms with Crippen LogP contribution >= 0.6 is 0 Å². The van der Waals surface area contributed by atoms with Gasteiger partial charge in [-0.25, -0.2) is 0 Å². The largest absolute Gasteiger partial charge is 0.493 e. The number of amides is 1. The minimum Gasteiger partial charge on any atom is -0.493 e. The van der Waals surface area contributed by atoms with Gasteiger partial charge in [0.1, 0.15) is 17.6 Å². The van der Waals surface area contributed by atoms with Gasteiger partial charge in [-0.1, -0.05) is 89.9 Å². The van der Waals surface area contributed by atoms with Gasteiger partial charge >= 0.3 is 6.18 Å². The van der Waals surface area contributed by atoms with Gasteiger partial charge in [0, 0.05) is 31.0 Å². The molecule has 0 aliphatic carbocycles. The van der Waals surface area contributed by atoms with Crippen molar-refractivity contribution in [3.8, 4) is 22.9 Å². The first-order valence-corrected chi connectivity index (χ1v) is 17.5. The highest BCUT2D eigenvalue weighted by Crippen LogP contribution is 2.34. The fourth-order valence-electron chi connectivity index (χ4n) is 6.34. The molecule has 0 saturated carbocycles. The summed E-state index contributed by atoms with van der Waals surface area (Å²) in [6.45, 7) is 8.18. The maximum atomic E-state index is 14.2. The van der Waals surface area contributed by atoms with Crippen molar-refractivity contribution in [2.45, 2.75) is 51.9 Å². The molecular formula is C41H43F3N4O4. The predicted molar refractivity (Wildman–Crippen MR) is 192 cm³/mol. The lowest BCUT2D eigenvalue weighted by Gasteiger charge is -2.39. The number of hydrogen-bond acceptors (Lipinski definition) is 7. The Balaban J connectivity index is 1.19. The molecule has 1 aliphatic rings. The Bertz CT molecular complexity index is 1880. The summed E-state index contributed by atoms with van der Waals surface area (Å²) in [4.78, 5) is 21.0. The van der Waals surface area contributed by atoms with Gasteiger partial charge in [-0.3, -0.25) is 9.69 Å². The highest BCUT2D eigenvalue weighted by atomic mass is 19.4. The van der Waals surface area contributed by atoms with Gasteiger partial charge in [-0.15, -0.1) is 0 Å². The van der Waals surface area contributed by atoms with E-state index in [4.69, 9.17) is 19.0 Å². The van der Waals surface area contributed by atoms with E-state index < -0.39 is 23.9 Å². The number of carbonyl (C=O) groups is 1. The molecular weight excluding hydrogens is 669 g/mol. The standard InChI is InChI=1S/C41H43F3N4O4/c1-27-9-13-31(14-10-27)38-46-40(52-47-38)37(48-24-22-29(3)32(25-48)26-50-34-17-11-28(2)12-18-34)39(49)45-23-21-36(30-7-5-4-6-8-30)51-35-19-15-33(16-20-35)41(42,43)44/h4-20,29,32,36-37H,21-26H2,1-3H3,(H,45,49)/t29-,32+,36+,37?/m0/s1. The zero-order valence-corrected chi connectivity index (χ0v) is 29.5. The van der Waals surface area contributed by atoms with E-state index in [1.54, 1.807) is 0 Å². The minimum atomic E-state index is -4.45. The Morgan fingerprint density at radius 2 is 1.58 bits per heavy atom. The number of likely N-dealkylation sites (tertiary alicyclic amines) is 1. The molecule has 1 saturated heterocycles. The van der Waals surface area contributed by atoms with E-state index in [1.165, 1.54) is 12.1 Å². The molecule has 4 aromatic carbocycles. The Morgan fingerprint density at radius 3 is 2.25 bits per heavy atom. The molecule has 1 amide bonds. The zero-order valence-electron chi connectivity index (χ0n) is 29.5. The second-order valence-corrected chi connectivity index (χ2v) is 13.5. The molecule has 0 spiro atoms. The van der Waals surface area contributed by atoms with Crippen molar-refractivity contribution in [1.29, 1.82) is 0 Å². The Kier molecular flexibility index (Phi) is 11.6. The number of aromatic nitrogens is 2. The topological polar surface area (TPSA) is 89.7 Å². The van der Waals surface area contributed by atoms with Crippen molar-refractivity contribution in [2.75, 3.05) is 26.2 Å². The zero-order chi connectivity index (χ0) is 36.7. The Labute approximate surface area is 302 Å².